The molecule has 0 spiro atoms. The van der Waals surface area contributed by atoms with Crippen molar-refractivity contribution in [3.63, 3.8) is 0 Å². The monoisotopic (exact) mass is 430 g/mol. The summed E-state index contributed by atoms with van der Waals surface area (Å²) in [5.41, 5.74) is 4.24. The molecule has 0 bridgehead atoms. The van der Waals surface area contributed by atoms with E-state index in [4.69, 9.17) is 4.74 Å². The van der Waals surface area contributed by atoms with E-state index in [0.717, 1.165) is 5.56 Å². The second-order valence-corrected chi connectivity index (χ2v) is 13.9. The van der Waals surface area contributed by atoms with Crippen molar-refractivity contribution < 1.29 is 19.1 Å². The molecule has 1 aromatic rings. The molecule has 0 aromatic heterocycles. The summed E-state index contributed by atoms with van der Waals surface area (Å²) in [6.45, 7) is 12.2. The van der Waals surface area contributed by atoms with Crippen LogP contribution in [0.25, 0.3) is 0 Å². The summed E-state index contributed by atoms with van der Waals surface area (Å²) in [6.07, 6.45) is 0.471. The maximum absolute atomic E-state index is 12.9. The van der Waals surface area contributed by atoms with Crippen molar-refractivity contribution in [1.29, 1.82) is 0 Å². The quantitative estimate of drug-likeness (QED) is 0.396. The van der Waals surface area contributed by atoms with Gasteiger partial charge in [0.25, 0.3) is 0 Å². The van der Waals surface area contributed by atoms with Crippen LogP contribution in [0.2, 0.25) is 18.1 Å². The van der Waals surface area contributed by atoms with Crippen LogP contribution in [0.3, 0.4) is 0 Å². The van der Waals surface area contributed by atoms with E-state index in [2.05, 4.69) is 56.0 Å². The first-order valence-corrected chi connectivity index (χ1v) is 13.1. The van der Waals surface area contributed by atoms with E-state index < -0.39 is 32.0 Å². The van der Waals surface area contributed by atoms with E-state index in [-0.39, 0.29) is 17.4 Å². The first-order valence-electron chi connectivity index (χ1n) is 10.1. The SMILES string of the molecule is COC(=O)[C@H](CC#C[Si](C)(C)C(C)(C)C)NC(=O)[C@@H](Cc1ccccc1)NC(C)=O. The van der Waals surface area contributed by atoms with Gasteiger partial charge in [0.05, 0.1) is 7.11 Å². The molecule has 2 atom stereocenters. The molecule has 0 fully saturated rings. The molecule has 0 aliphatic carbocycles. The normalized spacial score (nSPS) is 13.3. The molecule has 2 amide bonds. The standard InChI is InChI=1S/C23H34N2O4Si/c1-17(26)24-20(16-18-12-9-8-10-13-18)21(27)25-19(22(28)29-5)14-11-15-30(6,7)23(2,3)4/h8-10,12-13,19-20H,14,16H2,1-7H3,(H,24,26)(H,25,27)/t19-,20+/m0/s1. The minimum atomic E-state index is -1.83. The van der Waals surface area contributed by atoms with Crippen LogP contribution >= 0.6 is 0 Å². The molecule has 30 heavy (non-hydrogen) atoms. The minimum Gasteiger partial charge on any atom is -0.467 e. The number of amides is 2. The number of esters is 1. The number of methoxy groups -OCH3 is 1. The molecule has 0 heterocycles. The lowest BCUT2D eigenvalue weighted by molar-refractivity contribution is -0.145. The Bertz CT molecular complexity index is 804. The van der Waals surface area contributed by atoms with Gasteiger partial charge in [-0.1, -0.05) is 64.2 Å². The lowest BCUT2D eigenvalue weighted by Gasteiger charge is -2.31. The number of carbonyl (C=O) groups is 3. The maximum Gasteiger partial charge on any atom is 0.329 e. The molecular weight excluding hydrogens is 396 g/mol. The van der Waals surface area contributed by atoms with Gasteiger partial charge in [-0.05, 0) is 10.6 Å². The van der Waals surface area contributed by atoms with Crippen molar-refractivity contribution in [2.75, 3.05) is 7.11 Å². The molecule has 0 unspecified atom stereocenters. The average Bonchev–Trinajstić information content (AvgIpc) is 2.65. The van der Waals surface area contributed by atoms with Crippen molar-refractivity contribution in [1.82, 2.24) is 10.6 Å². The van der Waals surface area contributed by atoms with E-state index in [1.807, 2.05) is 30.3 Å². The lowest BCUT2D eigenvalue weighted by atomic mass is 10.0. The highest BCUT2D eigenvalue weighted by atomic mass is 28.3. The third kappa shape index (κ3) is 8.03. The molecule has 7 heteroatoms. The zero-order valence-corrected chi connectivity index (χ0v) is 20.1. The summed E-state index contributed by atoms with van der Waals surface area (Å²) in [7, 11) is -0.558. The van der Waals surface area contributed by atoms with Crippen LogP contribution in [0, 0.1) is 11.5 Å². The Morgan fingerprint density at radius 3 is 2.17 bits per heavy atom. The molecule has 0 saturated carbocycles. The van der Waals surface area contributed by atoms with E-state index in [1.165, 1.54) is 14.0 Å². The number of benzene rings is 1. The first kappa shape index (κ1) is 25.4. The molecule has 0 saturated heterocycles. The van der Waals surface area contributed by atoms with Crippen molar-refractivity contribution in [3.05, 3.63) is 35.9 Å². The average molecular weight is 431 g/mol. The first-order chi connectivity index (χ1) is 13.9. The summed E-state index contributed by atoms with van der Waals surface area (Å²) < 4.78 is 4.84. The van der Waals surface area contributed by atoms with Gasteiger partial charge in [-0.2, -0.15) is 0 Å². The molecule has 1 aromatic carbocycles. The molecule has 6 nitrogen and oxygen atoms in total. The zero-order chi connectivity index (χ0) is 22.9. The number of carbonyl (C=O) groups excluding carboxylic acids is 3. The van der Waals surface area contributed by atoms with Crippen LogP contribution in [-0.2, 0) is 25.5 Å². The van der Waals surface area contributed by atoms with Gasteiger partial charge in [0.15, 0.2) is 0 Å². The Hall–Kier alpha value is -2.59. The number of ether oxygens (including phenoxy) is 1. The Morgan fingerprint density at radius 1 is 1.07 bits per heavy atom. The Kier molecular flexibility index (Phi) is 9.31. The van der Waals surface area contributed by atoms with E-state index in [0.29, 0.717) is 6.42 Å². The van der Waals surface area contributed by atoms with Crippen molar-refractivity contribution in [2.45, 2.75) is 70.8 Å². The fraction of sp³-hybridized carbons (Fsp3) is 0.522. The summed E-state index contributed by atoms with van der Waals surface area (Å²) >= 11 is 0. The summed E-state index contributed by atoms with van der Waals surface area (Å²) in [5, 5.41) is 5.46. The minimum absolute atomic E-state index is 0.0934. The van der Waals surface area contributed by atoms with E-state index >= 15 is 0 Å². The number of rotatable bonds is 7. The molecule has 1 rings (SSSR count). The predicted molar refractivity (Wildman–Crippen MR) is 121 cm³/mol. The van der Waals surface area contributed by atoms with Crippen LogP contribution in [0.1, 0.15) is 39.7 Å². The Morgan fingerprint density at radius 2 is 1.67 bits per heavy atom. The number of nitrogens with one attached hydrogen (secondary N) is 2. The van der Waals surface area contributed by atoms with Gasteiger partial charge in [0.1, 0.15) is 20.2 Å². The van der Waals surface area contributed by atoms with Gasteiger partial charge >= 0.3 is 5.97 Å². The summed E-state index contributed by atoms with van der Waals surface area (Å²) in [6, 6.07) is 7.68. The van der Waals surface area contributed by atoms with Gasteiger partial charge in [-0.25, -0.2) is 4.79 Å². The highest BCUT2D eigenvalue weighted by Gasteiger charge is 2.34. The lowest BCUT2D eigenvalue weighted by Crippen LogP contribution is -2.52. The maximum atomic E-state index is 12.9. The molecule has 2 N–H and O–H groups in total. The number of hydrogen-bond donors (Lipinski definition) is 2. The van der Waals surface area contributed by atoms with Crippen LogP contribution in [-0.4, -0.2) is 45.1 Å². The molecular formula is C23H34N2O4Si. The third-order valence-corrected chi connectivity index (χ3v) is 9.91. The summed E-state index contributed by atoms with van der Waals surface area (Å²) in [4.78, 5) is 36.7. The van der Waals surface area contributed by atoms with Gasteiger partial charge in [-0.15, -0.1) is 11.5 Å². The van der Waals surface area contributed by atoms with Gasteiger partial charge < -0.3 is 15.4 Å². The molecule has 0 radical (unpaired) electrons. The Balaban J connectivity index is 2.97. The van der Waals surface area contributed by atoms with Gasteiger partial charge in [-0.3, -0.25) is 9.59 Å². The second-order valence-electron chi connectivity index (χ2n) is 8.91. The van der Waals surface area contributed by atoms with E-state index in [1.54, 1.807) is 0 Å². The van der Waals surface area contributed by atoms with Crippen molar-refractivity contribution in [2.24, 2.45) is 0 Å². The zero-order valence-electron chi connectivity index (χ0n) is 19.1. The highest BCUT2D eigenvalue weighted by Crippen LogP contribution is 2.35. The fourth-order valence-corrected chi connectivity index (χ4v) is 3.39. The van der Waals surface area contributed by atoms with Crippen molar-refractivity contribution in [3.8, 4) is 11.5 Å². The molecule has 0 aliphatic heterocycles. The largest absolute Gasteiger partial charge is 0.467 e. The third-order valence-electron chi connectivity index (χ3n) is 5.36. The topological polar surface area (TPSA) is 84.5 Å². The fourth-order valence-electron chi connectivity index (χ4n) is 2.47. The smallest absolute Gasteiger partial charge is 0.329 e. The molecule has 0 aliphatic rings. The van der Waals surface area contributed by atoms with Crippen LogP contribution in [0.15, 0.2) is 30.3 Å². The van der Waals surface area contributed by atoms with Crippen LogP contribution in [0.4, 0.5) is 0 Å². The second kappa shape index (κ2) is 11.0. The van der Waals surface area contributed by atoms with E-state index in [9.17, 15) is 14.4 Å². The molecule has 164 valence electrons. The summed E-state index contributed by atoms with van der Waals surface area (Å²) in [5.74, 6) is 1.76. The van der Waals surface area contributed by atoms with Crippen molar-refractivity contribution >= 4 is 25.9 Å². The Labute approximate surface area is 181 Å². The van der Waals surface area contributed by atoms with Crippen LogP contribution in [0.5, 0.6) is 0 Å². The van der Waals surface area contributed by atoms with Gasteiger partial charge in [0, 0.05) is 19.8 Å². The predicted octanol–water partition coefficient (Wildman–Crippen LogP) is 2.83. The van der Waals surface area contributed by atoms with Crippen LogP contribution < -0.4 is 10.6 Å². The highest BCUT2D eigenvalue weighted by molar-refractivity contribution is 6.87. The van der Waals surface area contributed by atoms with Gasteiger partial charge in [0.2, 0.25) is 11.8 Å². The number of hydrogen-bond acceptors (Lipinski definition) is 4.